The van der Waals surface area contributed by atoms with E-state index in [4.69, 9.17) is 0 Å². The fourth-order valence-corrected chi connectivity index (χ4v) is 7.15. The van der Waals surface area contributed by atoms with E-state index in [1.807, 2.05) is 11.3 Å². The van der Waals surface area contributed by atoms with Gasteiger partial charge < -0.3 is 4.90 Å². The zero-order valence-corrected chi connectivity index (χ0v) is 23.8. The highest BCUT2D eigenvalue weighted by atomic mass is 32.1. The molecule has 8 aromatic rings. The van der Waals surface area contributed by atoms with E-state index in [1.54, 1.807) is 0 Å². The third-order valence-corrected chi connectivity index (χ3v) is 9.14. The van der Waals surface area contributed by atoms with Gasteiger partial charge in [-0.25, -0.2) is 0 Å². The molecule has 7 aromatic carbocycles. The monoisotopic (exact) mass is 553 g/mol. The summed E-state index contributed by atoms with van der Waals surface area (Å²) in [4.78, 5) is 2.41. The Hall–Kier alpha value is -5.18. The van der Waals surface area contributed by atoms with Crippen LogP contribution in [-0.4, -0.2) is 0 Å². The van der Waals surface area contributed by atoms with E-state index in [1.165, 1.54) is 58.9 Å². The maximum atomic E-state index is 2.41. The van der Waals surface area contributed by atoms with Crippen LogP contribution in [0.3, 0.4) is 0 Å². The number of hydrogen-bond donors (Lipinski definition) is 0. The Bertz CT molecular complexity index is 2180. The molecule has 0 aliphatic carbocycles. The minimum absolute atomic E-state index is 1.14. The molecule has 198 valence electrons. The Balaban J connectivity index is 1.29. The molecule has 0 unspecified atom stereocenters. The molecule has 0 aliphatic rings. The molecule has 0 spiro atoms. The maximum Gasteiger partial charge on any atom is 0.0554 e. The number of nitrogens with zero attached hydrogens (tertiary/aromatic N) is 1. The number of para-hydroxylation sites is 1. The molecule has 0 saturated carbocycles. The number of thiophene rings is 1. The van der Waals surface area contributed by atoms with Crippen molar-refractivity contribution in [2.75, 3.05) is 4.90 Å². The van der Waals surface area contributed by atoms with Crippen molar-refractivity contribution in [1.29, 1.82) is 0 Å². The average Bonchev–Trinajstić information content (AvgIpc) is 3.43. The highest BCUT2D eigenvalue weighted by molar-refractivity contribution is 7.26. The second kappa shape index (κ2) is 10.3. The first-order valence-corrected chi connectivity index (χ1v) is 15.1. The van der Waals surface area contributed by atoms with Crippen molar-refractivity contribution in [3.63, 3.8) is 0 Å². The molecule has 0 bridgehead atoms. The molecule has 0 atom stereocenters. The van der Waals surface area contributed by atoms with E-state index in [9.17, 15) is 0 Å². The average molecular weight is 554 g/mol. The van der Waals surface area contributed by atoms with E-state index >= 15 is 0 Å². The van der Waals surface area contributed by atoms with E-state index in [0.717, 1.165) is 11.4 Å². The molecule has 0 amide bonds. The third-order valence-electron chi connectivity index (χ3n) is 8.03. The lowest BCUT2D eigenvalue weighted by molar-refractivity contribution is 1.30. The summed E-state index contributed by atoms with van der Waals surface area (Å²) in [5, 5.41) is 5.15. The van der Waals surface area contributed by atoms with E-state index in [-0.39, 0.29) is 0 Å². The zero-order chi connectivity index (χ0) is 27.9. The van der Waals surface area contributed by atoms with Crippen molar-refractivity contribution in [1.82, 2.24) is 0 Å². The minimum atomic E-state index is 1.14. The maximum absolute atomic E-state index is 2.41. The summed E-state index contributed by atoms with van der Waals surface area (Å²) in [6, 6.07) is 59.1. The first kappa shape index (κ1) is 24.6. The lowest BCUT2D eigenvalue weighted by Gasteiger charge is -2.27. The summed E-state index contributed by atoms with van der Waals surface area (Å²) in [6.45, 7) is 0. The van der Waals surface area contributed by atoms with Crippen LogP contribution in [0.2, 0.25) is 0 Å². The van der Waals surface area contributed by atoms with Gasteiger partial charge in [-0.2, -0.15) is 0 Å². The lowest BCUT2D eigenvalue weighted by atomic mass is 9.99. The van der Waals surface area contributed by atoms with Crippen LogP contribution < -0.4 is 4.90 Å². The van der Waals surface area contributed by atoms with Crippen molar-refractivity contribution >= 4 is 59.3 Å². The first-order valence-electron chi connectivity index (χ1n) is 14.3. The van der Waals surface area contributed by atoms with Crippen LogP contribution in [0, 0.1) is 0 Å². The molecule has 8 rings (SSSR count). The van der Waals surface area contributed by atoms with Crippen molar-refractivity contribution in [3.8, 4) is 22.3 Å². The summed E-state index contributed by atoms with van der Waals surface area (Å²) in [5.41, 5.74) is 8.33. The lowest BCUT2D eigenvalue weighted by Crippen LogP contribution is -2.10. The van der Waals surface area contributed by atoms with Crippen LogP contribution >= 0.6 is 11.3 Å². The number of benzene rings is 7. The molecule has 0 fully saturated rings. The van der Waals surface area contributed by atoms with Crippen LogP contribution in [0.25, 0.3) is 53.2 Å². The van der Waals surface area contributed by atoms with E-state index < -0.39 is 0 Å². The fourth-order valence-electron chi connectivity index (χ4n) is 5.99. The second-order valence-electron chi connectivity index (χ2n) is 10.6. The molecule has 0 saturated heterocycles. The Morgan fingerprint density at radius 1 is 0.381 bits per heavy atom. The van der Waals surface area contributed by atoms with Crippen LogP contribution in [-0.2, 0) is 0 Å². The van der Waals surface area contributed by atoms with Crippen LogP contribution in [0.4, 0.5) is 17.1 Å². The van der Waals surface area contributed by atoms with Gasteiger partial charge in [-0.1, -0.05) is 115 Å². The normalized spacial score (nSPS) is 11.3. The Kier molecular flexibility index (Phi) is 6.05. The van der Waals surface area contributed by atoms with E-state index in [0.29, 0.717) is 0 Å². The van der Waals surface area contributed by atoms with Gasteiger partial charge in [0, 0.05) is 31.5 Å². The van der Waals surface area contributed by atoms with Gasteiger partial charge in [-0.3, -0.25) is 0 Å². The number of hydrogen-bond acceptors (Lipinski definition) is 2. The highest BCUT2D eigenvalue weighted by Gasteiger charge is 2.19. The van der Waals surface area contributed by atoms with Gasteiger partial charge in [-0.05, 0) is 81.6 Å². The van der Waals surface area contributed by atoms with Crippen molar-refractivity contribution in [2.45, 2.75) is 0 Å². The summed E-state index contributed by atoms with van der Waals surface area (Å²) in [6.07, 6.45) is 0. The number of fused-ring (bicyclic) bond motifs is 4. The molecule has 1 heterocycles. The summed E-state index contributed by atoms with van der Waals surface area (Å²) in [7, 11) is 0. The molecule has 0 N–H and O–H groups in total. The Morgan fingerprint density at radius 2 is 0.952 bits per heavy atom. The van der Waals surface area contributed by atoms with Crippen molar-refractivity contribution < 1.29 is 0 Å². The molecule has 2 heteroatoms. The molecule has 0 aliphatic heterocycles. The van der Waals surface area contributed by atoms with Gasteiger partial charge in [-0.15, -0.1) is 11.3 Å². The summed E-state index contributed by atoms with van der Waals surface area (Å²) >= 11 is 1.87. The summed E-state index contributed by atoms with van der Waals surface area (Å²) < 4.78 is 2.61. The van der Waals surface area contributed by atoms with E-state index in [2.05, 4.69) is 169 Å². The molecule has 1 aromatic heterocycles. The number of anilines is 3. The van der Waals surface area contributed by atoms with Gasteiger partial charge >= 0.3 is 0 Å². The topological polar surface area (TPSA) is 3.24 Å². The minimum Gasteiger partial charge on any atom is -0.310 e. The molecular weight excluding hydrogens is 527 g/mol. The SMILES string of the molecule is c1ccc(-c2ccc(-c3cccc(N(c4ccccc4)c4cccc5sc6cc7ccccc7cc6c45)c3)cc2)cc1. The van der Waals surface area contributed by atoms with Crippen molar-refractivity contribution in [2.24, 2.45) is 0 Å². The largest absolute Gasteiger partial charge is 0.310 e. The first-order chi connectivity index (χ1) is 20.8. The number of rotatable bonds is 5. The van der Waals surface area contributed by atoms with Crippen LogP contribution in [0.1, 0.15) is 0 Å². The second-order valence-corrected chi connectivity index (χ2v) is 11.7. The fraction of sp³-hybridized carbons (Fsp3) is 0. The predicted octanol–water partition coefficient (Wildman–Crippen LogP) is 12.0. The third kappa shape index (κ3) is 4.34. The van der Waals surface area contributed by atoms with Gasteiger partial charge in [0.15, 0.2) is 0 Å². The smallest absolute Gasteiger partial charge is 0.0554 e. The van der Waals surface area contributed by atoms with Gasteiger partial charge in [0.2, 0.25) is 0 Å². The van der Waals surface area contributed by atoms with Gasteiger partial charge in [0.25, 0.3) is 0 Å². The van der Waals surface area contributed by atoms with Crippen LogP contribution in [0.15, 0.2) is 164 Å². The molecule has 0 radical (unpaired) electrons. The molecular formula is C40H27NS. The summed E-state index contributed by atoms with van der Waals surface area (Å²) in [5.74, 6) is 0. The molecule has 42 heavy (non-hydrogen) atoms. The van der Waals surface area contributed by atoms with Crippen LogP contribution in [0.5, 0.6) is 0 Å². The van der Waals surface area contributed by atoms with Gasteiger partial charge in [0.1, 0.15) is 0 Å². The Morgan fingerprint density at radius 3 is 1.71 bits per heavy atom. The van der Waals surface area contributed by atoms with Gasteiger partial charge in [0.05, 0.1) is 5.69 Å². The Labute approximate surface area is 249 Å². The quantitative estimate of drug-likeness (QED) is 0.205. The standard InChI is InChI=1S/C40H27NS/c1-3-11-28(12-4-1)29-21-23-30(24-22-29)31-15-9-18-35(25-31)41(34-16-5-2-6-17-34)37-19-10-20-38-40(37)36-26-32-13-7-8-14-33(32)27-39(36)42-38/h1-27H. The molecule has 1 nitrogen and oxygen atoms in total. The zero-order valence-electron chi connectivity index (χ0n) is 22.9. The predicted molar refractivity (Wildman–Crippen MR) is 182 cm³/mol. The van der Waals surface area contributed by atoms with Crippen molar-refractivity contribution in [3.05, 3.63) is 164 Å². The highest BCUT2D eigenvalue weighted by Crippen LogP contribution is 2.46.